The second kappa shape index (κ2) is 9.88. The van der Waals surface area contributed by atoms with Crippen LogP contribution in [0.1, 0.15) is 29.5 Å². The maximum Gasteiger partial charge on any atom is 0.191 e. The lowest BCUT2D eigenvalue weighted by Gasteiger charge is -2.18. The van der Waals surface area contributed by atoms with Crippen LogP contribution in [0.15, 0.2) is 41.5 Å². The fourth-order valence-electron chi connectivity index (χ4n) is 3.46. The largest absolute Gasteiger partial charge is 0.357 e. The number of rotatable bonds is 7. The van der Waals surface area contributed by atoms with Gasteiger partial charge in [-0.2, -0.15) is 0 Å². The Bertz CT molecular complexity index is 1000. The van der Waals surface area contributed by atoms with Crippen LogP contribution < -0.4 is 15.5 Å². The van der Waals surface area contributed by atoms with E-state index in [2.05, 4.69) is 31.6 Å². The second-order valence-electron chi connectivity index (χ2n) is 7.48. The van der Waals surface area contributed by atoms with Crippen LogP contribution in [0, 0.1) is 5.82 Å². The average molecular weight is 434 g/mol. The Morgan fingerprint density at radius 1 is 1.13 bits per heavy atom. The third kappa shape index (κ3) is 6.41. The van der Waals surface area contributed by atoms with Crippen molar-refractivity contribution in [1.82, 2.24) is 15.6 Å². The van der Waals surface area contributed by atoms with Crippen LogP contribution in [0.4, 0.5) is 10.2 Å². The summed E-state index contributed by atoms with van der Waals surface area (Å²) in [7, 11) is -1.57. The quantitative estimate of drug-likeness (QED) is 0.514. The van der Waals surface area contributed by atoms with E-state index in [1.54, 1.807) is 7.05 Å². The molecular weight excluding hydrogens is 405 g/mol. The molecule has 1 saturated heterocycles. The molecule has 0 atom stereocenters. The predicted molar refractivity (Wildman–Crippen MR) is 118 cm³/mol. The minimum Gasteiger partial charge on any atom is -0.357 e. The molecule has 0 spiro atoms. The fraction of sp³-hybridized carbons (Fsp3) is 0.429. The summed E-state index contributed by atoms with van der Waals surface area (Å²) in [6.45, 7) is 2.90. The van der Waals surface area contributed by atoms with Crippen molar-refractivity contribution in [3.63, 3.8) is 0 Å². The Kier molecular flexibility index (Phi) is 7.25. The number of nitrogens with zero attached hydrogens (tertiary/aromatic N) is 3. The third-order valence-electron chi connectivity index (χ3n) is 4.96. The monoisotopic (exact) mass is 433 g/mol. The Balaban J connectivity index is 1.61. The first-order valence-electron chi connectivity index (χ1n) is 9.93. The van der Waals surface area contributed by atoms with Gasteiger partial charge in [0.25, 0.3) is 0 Å². The summed E-state index contributed by atoms with van der Waals surface area (Å²) < 4.78 is 37.0. The number of sulfone groups is 1. The van der Waals surface area contributed by atoms with Crippen LogP contribution in [0.2, 0.25) is 0 Å². The number of hydrogen-bond donors (Lipinski definition) is 2. The highest BCUT2D eigenvalue weighted by Crippen LogP contribution is 2.18. The molecule has 0 unspecified atom stereocenters. The molecule has 0 aliphatic carbocycles. The first-order valence-corrected chi connectivity index (χ1v) is 12.0. The van der Waals surface area contributed by atoms with Gasteiger partial charge in [0.15, 0.2) is 15.8 Å². The molecule has 9 heteroatoms. The number of halogens is 1. The molecule has 1 aliphatic heterocycles. The van der Waals surface area contributed by atoms with Gasteiger partial charge in [-0.05, 0) is 53.8 Å². The average Bonchev–Trinajstić information content (AvgIpc) is 3.24. The molecule has 7 nitrogen and oxygen atoms in total. The molecule has 1 aromatic carbocycles. The van der Waals surface area contributed by atoms with Gasteiger partial charge in [0, 0.05) is 45.7 Å². The maximum absolute atomic E-state index is 13.7. The van der Waals surface area contributed by atoms with E-state index in [0.717, 1.165) is 24.5 Å². The number of nitrogens with one attached hydrogen (secondary N) is 2. The molecule has 1 aliphatic rings. The fourth-order valence-corrected chi connectivity index (χ4v) is 4.30. The van der Waals surface area contributed by atoms with Gasteiger partial charge in [0.05, 0.1) is 5.75 Å². The van der Waals surface area contributed by atoms with Crippen LogP contribution in [0.5, 0.6) is 0 Å². The van der Waals surface area contributed by atoms with Gasteiger partial charge in [-0.1, -0.05) is 6.07 Å². The molecular formula is C21H28FN5O2S. The van der Waals surface area contributed by atoms with Gasteiger partial charge < -0.3 is 15.5 Å². The van der Waals surface area contributed by atoms with E-state index in [9.17, 15) is 12.8 Å². The summed E-state index contributed by atoms with van der Waals surface area (Å²) in [6.07, 6.45) is 5.37. The summed E-state index contributed by atoms with van der Waals surface area (Å²) in [5, 5.41) is 6.37. The van der Waals surface area contributed by atoms with Crippen molar-refractivity contribution in [2.75, 3.05) is 31.3 Å². The van der Waals surface area contributed by atoms with Gasteiger partial charge in [-0.15, -0.1) is 0 Å². The molecule has 162 valence electrons. The molecule has 0 amide bonds. The van der Waals surface area contributed by atoms with Crippen molar-refractivity contribution in [1.29, 1.82) is 0 Å². The minimum absolute atomic E-state index is 0.132. The van der Waals surface area contributed by atoms with E-state index in [4.69, 9.17) is 0 Å². The first-order chi connectivity index (χ1) is 14.3. The highest BCUT2D eigenvalue weighted by molar-refractivity contribution is 7.89. The van der Waals surface area contributed by atoms with Crippen molar-refractivity contribution >= 4 is 21.6 Å². The van der Waals surface area contributed by atoms with Gasteiger partial charge in [0.1, 0.15) is 11.6 Å². The zero-order valence-corrected chi connectivity index (χ0v) is 18.2. The molecule has 2 heterocycles. The van der Waals surface area contributed by atoms with Crippen molar-refractivity contribution < 1.29 is 12.8 Å². The highest BCUT2D eigenvalue weighted by atomic mass is 32.2. The Labute approximate surface area is 177 Å². The van der Waals surface area contributed by atoms with E-state index in [-0.39, 0.29) is 12.3 Å². The summed E-state index contributed by atoms with van der Waals surface area (Å²) in [5.74, 6) is 0.995. The second-order valence-corrected chi connectivity index (χ2v) is 9.62. The topological polar surface area (TPSA) is 86.7 Å². The summed E-state index contributed by atoms with van der Waals surface area (Å²) in [5.41, 5.74) is 2.24. The summed E-state index contributed by atoms with van der Waals surface area (Å²) in [4.78, 5) is 10.9. The Morgan fingerprint density at radius 2 is 1.87 bits per heavy atom. The molecule has 3 rings (SSSR count). The lowest BCUT2D eigenvalue weighted by atomic mass is 10.1. The third-order valence-corrected chi connectivity index (χ3v) is 5.79. The van der Waals surface area contributed by atoms with Crippen molar-refractivity contribution in [3.8, 4) is 0 Å². The number of guanidine groups is 1. The van der Waals surface area contributed by atoms with Crippen molar-refractivity contribution in [2.24, 2.45) is 4.99 Å². The number of pyridine rings is 1. The maximum atomic E-state index is 13.7. The van der Waals surface area contributed by atoms with E-state index in [0.29, 0.717) is 23.6 Å². The highest BCUT2D eigenvalue weighted by Gasteiger charge is 2.14. The smallest absolute Gasteiger partial charge is 0.191 e. The van der Waals surface area contributed by atoms with E-state index in [1.807, 2.05) is 12.3 Å². The minimum atomic E-state index is -3.22. The lowest BCUT2D eigenvalue weighted by molar-refractivity contribution is 0.599. The summed E-state index contributed by atoms with van der Waals surface area (Å²) in [6, 6.07) is 8.17. The number of aromatic nitrogens is 1. The number of anilines is 1. The number of aliphatic imine (C=N–C) groups is 1. The van der Waals surface area contributed by atoms with Crippen LogP contribution in [0.3, 0.4) is 0 Å². The molecule has 1 aromatic heterocycles. The van der Waals surface area contributed by atoms with Gasteiger partial charge in [-0.25, -0.2) is 17.8 Å². The molecule has 1 fully saturated rings. The van der Waals surface area contributed by atoms with Gasteiger partial charge >= 0.3 is 0 Å². The van der Waals surface area contributed by atoms with Crippen molar-refractivity contribution in [2.45, 2.75) is 31.7 Å². The molecule has 2 aromatic rings. The molecule has 2 N–H and O–H groups in total. The molecule has 0 bridgehead atoms. The zero-order valence-electron chi connectivity index (χ0n) is 17.4. The standard InChI is InChI=1S/C21H28FN5O2S/c1-23-21(25-13-16-7-8-24-20(11-16)27-9-3-4-10-27)26-14-18-12-19(22)6-5-17(18)15-30(2,28)29/h5-8,11-12H,3-4,9-10,13-15H2,1-2H3,(H2,23,25,26). The van der Waals surface area contributed by atoms with E-state index >= 15 is 0 Å². The Morgan fingerprint density at radius 3 is 2.57 bits per heavy atom. The predicted octanol–water partition coefficient (Wildman–Crippen LogP) is 2.23. The Hall–Kier alpha value is -2.68. The number of hydrogen-bond acceptors (Lipinski definition) is 5. The summed E-state index contributed by atoms with van der Waals surface area (Å²) >= 11 is 0. The molecule has 0 radical (unpaired) electrons. The van der Waals surface area contributed by atoms with Crippen LogP contribution >= 0.6 is 0 Å². The van der Waals surface area contributed by atoms with Crippen LogP contribution in [-0.2, 0) is 28.7 Å². The molecule has 30 heavy (non-hydrogen) atoms. The SMILES string of the molecule is CN=C(NCc1ccnc(N2CCCC2)c1)NCc1cc(F)ccc1CS(C)(=O)=O. The first kappa shape index (κ1) is 22.0. The zero-order chi connectivity index (χ0) is 21.6. The van der Waals surface area contributed by atoms with Crippen molar-refractivity contribution in [3.05, 3.63) is 59.0 Å². The van der Waals surface area contributed by atoms with E-state index in [1.165, 1.54) is 37.3 Å². The number of benzene rings is 1. The lowest BCUT2D eigenvalue weighted by Crippen LogP contribution is -2.36. The normalized spacial score (nSPS) is 14.8. The van der Waals surface area contributed by atoms with Crippen LogP contribution in [-0.4, -0.2) is 45.8 Å². The van der Waals surface area contributed by atoms with E-state index < -0.39 is 15.7 Å². The van der Waals surface area contributed by atoms with Gasteiger partial charge in [-0.3, -0.25) is 4.99 Å². The van der Waals surface area contributed by atoms with Gasteiger partial charge in [0.2, 0.25) is 0 Å². The van der Waals surface area contributed by atoms with Crippen LogP contribution in [0.25, 0.3) is 0 Å². The molecule has 0 saturated carbocycles.